The highest BCUT2D eigenvalue weighted by Crippen LogP contribution is 1.99. The molecule has 13 heavy (non-hydrogen) atoms. The van der Waals surface area contributed by atoms with Gasteiger partial charge in [-0.3, -0.25) is 0 Å². The third-order valence-corrected chi connectivity index (χ3v) is 1.40. The van der Waals surface area contributed by atoms with Crippen LogP contribution in [0.15, 0.2) is 43.0 Å². The van der Waals surface area contributed by atoms with Crippen LogP contribution in [-0.4, -0.2) is 12.5 Å². The van der Waals surface area contributed by atoms with E-state index in [1.807, 2.05) is 6.07 Å². The summed E-state index contributed by atoms with van der Waals surface area (Å²) in [5, 5.41) is 0. The normalized spacial score (nSPS) is 9.23. The molecule has 0 aromatic heterocycles. The quantitative estimate of drug-likeness (QED) is 0.430. The number of nitrogens with one attached hydrogen (secondary N) is 1. The van der Waals surface area contributed by atoms with Crippen LogP contribution in [0.3, 0.4) is 0 Å². The molecule has 0 aliphatic heterocycles. The molecule has 0 radical (unpaired) electrons. The van der Waals surface area contributed by atoms with Crippen LogP contribution >= 0.6 is 0 Å². The second-order valence-electron chi connectivity index (χ2n) is 2.39. The monoisotopic (exact) mass is 177 g/mol. The van der Waals surface area contributed by atoms with Gasteiger partial charge >= 0.3 is 5.97 Å². The van der Waals surface area contributed by atoms with Gasteiger partial charge in [0.25, 0.3) is 0 Å². The molecule has 0 atom stereocenters. The molecule has 0 aliphatic carbocycles. The molecular formula is C10H11NO2. The summed E-state index contributed by atoms with van der Waals surface area (Å²) >= 11 is 0. The largest absolute Gasteiger partial charge is 0.366 e. The van der Waals surface area contributed by atoms with Crippen LogP contribution in [0.4, 0.5) is 0 Å². The van der Waals surface area contributed by atoms with Crippen molar-refractivity contribution < 1.29 is 9.63 Å². The van der Waals surface area contributed by atoms with E-state index in [0.717, 1.165) is 0 Å². The summed E-state index contributed by atoms with van der Waals surface area (Å²) in [5.74, 6) is -0.387. The van der Waals surface area contributed by atoms with Crippen molar-refractivity contribution in [1.82, 2.24) is 5.48 Å². The molecule has 0 saturated carbocycles. The first-order valence-electron chi connectivity index (χ1n) is 3.94. The van der Waals surface area contributed by atoms with Crippen LogP contribution in [0.25, 0.3) is 0 Å². The molecule has 68 valence electrons. The zero-order chi connectivity index (χ0) is 9.52. The Labute approximate surface area is 77.0 Å². The summed E-state index contributed by atoms with van der Waals surface area (Å²) in [5.41, 5.74) is 2.99. The Balaban J connectivity index is 2.45. The fourth-order valence-corrected chi connectivity index (χ4v) is 0.799. The van der Waals surface area contributed by atoms with Crippen molar-refractivity contribution >= 4 is 5.97 Å². The molecule has 0 spiro atoms. The van der Waals surface area contributed by atoms with E-state index in [-0.39, 0.29) is 5.97 Å². The molecule has 0 unspecified atom stereocenters. The predicted molar refractivity (Wildman–Crippen MR) is 50.1 cm³/mol. The number of carbonyl (C=O) groups is 1. The smallest absolute Gasteiger partial charge is 0.356 e. The lowest BCUT2D eigenvalue weighted by molar-refractivity contribution is 0.0279. The number of hydroxylamine groups is 1. The van der Waals surface area contributed by atoms with Gasteiger partial charge in [-0.15, -0.1) is 12.1 Å². The minimum atomic E-state index is -0.387. The highest BCUT2D eigenvalue weighted by molar-refractivity contribution is 5.89. The van der Waals surface area contributed by atoms with Crippen LogP contribution in [-0.2, 0) is 4.84 Å². The number of hydrogen-bond acceptors (Lipinski definition) is 3. The standard InChI is InChI=1S/C10H11NO2/c1-2-8-11-13-10(12)9-6-4-3-5-7-9/h2-7,11H,1,8H2. The van der Waals surface area contributed by atoms with E-state index in [1.165, 1.54) is 0 Å². The first-order chi connectivity index (χ1) is 6.34. The summed E-state index contributed by atoms with van der Waals surface area (Å²) in [6, 6.07) is 8.79. The van der Waals surface area contributed by atoms with Crippen molar-refractivity contribution in [3.8, 4) is 0 Å². The first kappa shape index (κ1) is 9.48. The van der Waals surface area contributed by atoms with Crippen LogP contribution in [0.2, 0.25) is 0 Å². The van der Waals surface area contributed by atoms with Gasteiger partial charge in [0.1, 0.15) is 0 Å². The van der Waals surface area contributed by atoms with E-state index in [0.29, 0.717) is 12.1 Å². The topological polar surface area (TPSA) is 38.3 Å². The van der Waals surface area contributed by atoms with Crippen molar-refractivity contribution in [1.29, 1.82) is 0 Å². The van der Waals surface area contributed by atoms with Gasteiger partial charge in [0, 0.05) is 6.54 Å². The summed E-state index contributed by atoms with van der Waals surface area (Å²) in [6.45, 7) is 3.92. The molecule has 3 nitrogen and oxygen atoms in total. The summed E-state index contributed by atoms with van der Waals surface area (Å²) < 4.78 is 0. The third-order valence-electron chi connectivity index (χ3n) is 1.40. The number of benzene rings is 1. The Kier molecular flexibility index (Phi) is 3.73. The zero-order valence-electron chi connectivity index (χ0n) is 7.19. The predicted octanol–water partition coefficient (Wildman–Crippen LogP) is 1.53. The minimum Gasteiger partial charge on any atom is -0.366 e. The van der Waals surface area contributed by atoms with Gasteiger partial charge in [0.05, 0.1) is 5.56 Å². The Morgan fingerprint density at radius 2 is 2.15 bits per heavy atom. The fourth-order valence-electron chi connectivity index (χ4n) is 0.799. The molecule has 3 heteroatoms. The van der Waals surface area contributed by atoms with Gasteiger partial charge in [-0.05, 0) is 12.1 Å². The Morgan fingerprint density at radius 3 is 2.77 bits per heavy atom. The van der Waals surface area contributed by atoms with Crippen molar-refractivity contribution in [3.05, 3.63) is 48.6 Å². The van der Waals surface area contributed by atoms with Gasteiger partial charge in [-0.25, -0.2) is 4.79 Å². The van der Waals surface area contributed by atoms with Gasteiger partial charge in [-0.1, -0.05) is 24.3 Å². The van der Waals surface area contributed by atoms with Crippen molar-refractivity contribution in [2.24, 2.45) is 0 Å². The average Bonchev–Trinajstić information content (AvgIpc) is 2.19. The molecule has 0 fully saturated rings. The molecular weight excluding hydrogens is 166 g/mol. The maximum absolute atomic E-state index is 11.2. The van der Waals surface area contributed by atoms with E-state index < -0.39 is 0 Å². The molecule has 0 heterocycles. The number of carbonyl (C=O) groups excluding carboxylic acids is 1. The number of rotatable bonds is 4. The van der Waals surface area contributed by atoms with Gasteiger partial charge in [0.15, 0.2) is 0 Å². The molecule has 1 N–H and O–H groups in total. The summed E-state index contributed by atoms with van der Waals surface area (Å²) in [6.07, 6.45) is 1.61. The van der Waals surface area contributed by atoms with Crippen LogP contribution in [0, 0.1) is 0 Å². The Bertz CT molecular complexity index is 282. The maximum atomic E-state index is 11.2. The zero-order valence-corrected chi connectivity index (χ0v) is 7.19. The molecule has 0 bridgehead atoms. The van der Waals surface area contributed by atoms with E-state index in [9.17, 15) is 4.79 Å². The summed E-state index contributed by atoms with van der Waals surface area (Å²) in [7, 11) is 0. The van der Waals surface area contributed by atoms with Gasteiger partial charge in [-0.2, -0.15) is 0 Å². The second-order valence-corrected chi connectivity index (χ2v) is 2.39. The Morgan fingerprint density at radius 1 is 1.46 bits per heavy atom. The lowest BCUT2D eigenvalue weighted by atomic mass is 10.2. The highest BCUT2D eigenvalue weighted by Gasteiger charge is 2.04. The average molecular weight is 177 g/mol. The highest BCUT2D eigenvalue weighted by atomic mass is 16.7. The molecule has 1 aromatic carbocycles. The van der Waals surface area contributed by atoms with E-state index in [1.54, 1.807) is 30.3 Å². The first-order valence-corrected chi connectivity index (χ1v) is 3.94. The lowest BCUT2D eigenvalue weighted by Crippen LogP contribution is -2.19. The van der Waals surface area contributed by atoms with E-state index in [2.05, 4.69) is 12.1 Å². The molecule has 1 rings (SSSR count). The molecule has 0 saturated heterocycles. The fraction of sp³-hybridized carbons (Fsp3) is 0.100. The SMILES string of the molecule is C=CCNOC(=O)c1ccccc1. The van der Waals surface area contributed by atoms with Crippen molar-refractivity contribution in [3.63, 3.8) is 0 Å². The van der Waals surface area contributed by atoms with Gasteiger partial charge < -0.3 is 4.84 Å². The van der Waals surface area contributed by atoms with Crippen LogP contribution < -0.4 is 5.48 Å². The lowest BCUT2D eigenvalue weighted by Gasteiger charge is -2.02. The molecule has 0 aliphatic rings. The van der Waals surface area contributed by atoms with Crippen molar-refractivity contribution in [2.45, 2.75) is 0 Å². The van der Waals surface area contributed by atoms with E-state index in [4.69, 9.17) is 4.84 Å². The van der Waals surface area contributed by atoms with E-state index >= 15 is 0 Å². The Hall–Kier alpha value is -1.61. The maximum Gasteiger partial charge on any atom is 0.356 e. The van der Waals surface area contributed by atoms with Crippen LogP contribution in [0.5, 0.6) is 0 Å². The molecule has 1 aromatic rings. The van der Waals surface area contributed by atoms with Crippen LogP contribution in [0.1, 0.15) is 10.4 Å². The van der Waals surface area contributed by atoms with Crippen molar-refractivity contribution in [2.75, 3.05) is 6.54 Å². The molecule has 0 amide bonds. The van der Waals surface area contributed by atoms with Gasteiger partial charge in [0.2, 0.25) is 0 Å². The minimum absolute atomic E-state index is 0.387. The second kappa shape index (κ2) is 5.11. The summed E-state index contributed by atoms with van der Waals surface area (Å²) in [4.78, 5) is 15.9. The number of hydrogen-bond donors (Lipinski definition) is 1. The third kappa shape index (κ3) is 3.09.